The van der Waals surface area contributed by atoms with Gasteiger partial charge in [0.1, 0.15) is 11.4 Å². The normalized spacial score (nSPS) is 10.8. The lowest BCUT2D eigenvalue weighted by Gasteiger charge is -2.22. The van der Waals surface area contributed by atoms with Gasteiger partial charge in [-0.1, -0.05) is 13.2 Å². The van der Waals surface area contributed by atoms with Crippen molar-refractivity contribution in [3.8, 4) is 0 Å². The highest BCUT2D eigenvalue weighted by molar-refractivity contribution is 5.16. The fraction of sp³-hybridized carbons (Fsp3) is 0.556. The summed E-state index contributed by atoms with van der Waals surface area (Å²) >= 11 is 0. The van der Waals surface area contributed by atoms with E-state index in [1.54, 1.807) is 0 Å². The summed E-state index contributed by atoms with van der Waals surface area (Å²) in [5, 5.41) is 0. The average Bonchev–Trinajstić information content (AvgIpc) is 1.60. The van der Waals surface area contributed by atoms with Crippen molar-refractivity contribution >= 4 is 0 Å². The lowest BCUT2D eigenvalue weighted by Crippen LogP contribution is -2.18. The van der Waals surface area contributed by atoms with Crippen LogP contribution in [0.4, 0.5) is 0 Å². The maximum absolute atomic E-state index is 5.41. The van der Waals surface area contributed by atoms with Gasteiger partial charge in [0.2, 0.25) is 0 Å². The van der Waals surface area contributed by atoms with E-state index in [4.69, 9.17) is 4.74 Å². The third kappa shape index (κ3) is 4.19. The smallest absolute Gasteiger partial charge is 0.115 e. The first-order valence-corrected chi connectivity index (χ1v) is 3.37. The van der Waals surface area contributed by atoms with Gasteiger partial charge < -0.3 is 4.74 Å². The Balaban J connectivity index is 3.93. The van der Waals surface area contributed by atoms with Gasteiger partial charge in [-0.2, -0.15) is 0 Å². The van der Waals surface area contributed by atoms with E-state index >= 15 is 0 Å². The Kier molecular flexibility index (Phi) is 2.70. The van der Waals surface area contributed by atoms with Crippen molar-refractivity contribution in [1.82, 2.24) is 0 Å². The number of rotatable bonds is 2. The standard InChI is InChI=1S/C9H16O/c1-7(2)8(3)10-9(4,5)6/h1,3H2,2,4-6H3. The quantitative estimate of drug-likeness (QED) is 0.423. The van der Waals surface area contributed by atoms with Crippen molar-refractivity contribution in [2.45, 2.75) is 33.3 Å². The molecule has 0 aliphatic heterocycles. The zero-order chi connectivity index (χ0) is 8.36. The van der Waals surface area contributed by atoms with Crippen LogP contribution in [0.1, 0.15) is 27.7 Å². The highest BCUT2D eigenvalue weighted by Crippen LogP contribution is 2.16. The van der Waals surface area contributed by atoms with Crippen molar-refractivity contribution in [2.24, 2.45) is 0 Å². The lowest BCUT2D eigenvalue weighted by molar-refractivity contribution is 0.0583. The molecule has 58 valence electrons. The Hall–Kier alpha value is -0.720. The highest BCUT2D eigenvalue weighted by Gasteiger charge is 2.11. The number of allylic oxidation sites excluding steroid dienone is 1. The van der Waals surface area contributed by atoms with Gasteiger partial charge in [0, 0.05) is 0 Å². The van der Waals surface area contributed by atoms with Gasteiger partial charge in [-0.25, -0.2) is 0 Å². The van der Waals surface area contributed by atoms with Crippen LogP contribution < -0.4 is 0 Å². The molecule has 0 unspecified atom stereocenters. The molecule has 1 nitrogen and oxygen atoms in total. The summed E-state index contributed by atoms with van der Waals surface area (Å²) in [5.41, 5.74) is 0.727. The molecule has 0 atom stereocenters. The van der Waals surface area contributed by atoms with E-state index in [1.165, 1.54) is 0 Å². The van der Waals surface area contributed by atoms with Crippen LogP contribution in [0.5, 0.6) is 0 Å². The van der Waals surface area contributed by atoms with E-state index in [-0.39, 0.29) is 5.60 Å². The van der Waals surface area contributed by atoms with Crippen LogP contribution in [-0.2, 0) is 4.74 Å². The summed E-state index contributed by atoms with van der Waals surface area (Å²) < 4.78 is 5.41. The maximum Gasteiger partial charge on any atom is 0.115 e. The second-order valence-electron chi connectivity index (χ2n) is 3.42. The van der Waals surface area contributed by atoms with Gasteiger partial charge in [0.05, 0.1) is 0 Å². The van der Waals surface area contributed by atoms with Gasteiger partial charge in [-0.15, -0.1) is 0 Å². The van der Waals surface area contributed by atoms with Crippen LogP contribution in [-0.4, -0.2) is 5.60 Å². The SMILES string of the molecule is C=C(C)C(=C)OC(C)(C)C. The molecule has 0 aromatic rings. The van der Waals surface area contributed by atoms with E-state index in [9.17, 15) is 0 Å². The van der Waals surface area contributed by atoms with Crippen molar-refractivity contribution < 1.29 is 4.74 Å². The Morgan fingerprint density at radius 1 is 1.20 bits per heavy atom. The van der Waals surface area contributed by atoms with Gasteiger partial charge in [0.25, 0.3) is 0 Å². The van der Waals surface area contributed by atoms with Crippen LogP contribution in [0.3, 0.4) is 0 Å². The van der Waals surface area contributed by atoms with Gasteiger partial charge in [-0.3, -0.25) is 0 Å². The van der Waals surface area contributed by atoms with Crippen LogP contribution in [0, 0.1) is 0 Å². The molecule has 0 aliphatic rings. The minimum atomic E-state index is -0.157. The summed E-state index contributed by atoms with van der Waals surface area (Å²) in [7, 11) is 0. The Labute approximate surface area is 63.4 Å². The molecule has 0 aliphatic carbocycles. The van der Waals surface area contributed by atoms with Crippen LogP contribution in [0.25, 0.3) is 0 Å². The molecule has 0 radical (unpaired) electrons. The predicted octanol–water partition coefficient (Wildman–Crippen LogP) is 2.89. The van der Waals surface area contributed by atoms with Gasteiger partial charge in [0.15, 0.2) is 0 Å². The molecule has 10 heavy (non-hydrogen) atoms. The van der Waals surface area contributed by atoms with Crippen LogP contribution in [0.2, 0.25) is 0 Å². The monoisotopic (exact) mass is 140 g/mol. The summed E-state index contributed by atoms with van der Waals surface area (Å²) in [6.45, 7) is 15.3. The zero-order valence-electron chi connectivity index (χ0n) is 7.32. The first-order chi connectivity index (χ1) is 4.33. The van der Waals surface area contributed by atoms with Gasteiger partial charge >= 0.3 is 0 Å². The fourth-order valence-corrected chi connectivity index (χ4v) is 0.457. The minimum absolute atomic E-state index is 0.157. The van der Waals surface area contributed by atoms with Crippen molar-refractivity contribution in [3.63, 3.8) is 0 Å². The van der Waals surface area contributed by atoms with Crippen molar-refractivity contribution in [1.29, 1.82) is 0 Å². The lowest BCUT2D eigenvalue weighted by atomic mass is 10.2. The Morgan fingerprint density at radius 2 is 1.60 bits per heavy atom. The highest BCUT2D eigenvalue weighted by atomic mass is 16.5. The maximum atomic E-state index is 5.41. The molecule has 0 bridgehead atoms. The van der Waals surface area contributed by atoms with Crippen LogP contribution >= 0.6 is 0 Å². The second-order valence-corrected chi connectivity index (χ2v) is 3.42. The molecule has 0 aromatic carbocycles. The molecule has 0 saturated carbocycles. The first-order valence-electron chi connectivity index (χ1n) is 3.37. The van der Waals surface area contributed by atoms with E-state index in [2.05, 4.69) is 13.2 Å². The first kappa shape index (κ1) is 9.28. The average molecular weight is 140 g/mol. The number of ether oxygens (including phenoxy) is 1. The molecule has 1 heteroatoms. The topological polar surface area (TPSA) is 9.23 Å². The molecule has 0 fully saturated rings. The number of hydrogen-bond donors (Lipinski definition) is 0. The van der Waals surface area contributed by atoms with E-state index in [0.29, 0.717) is 5.76 Å². The molecular formula is C9H16O. The number of hydrogen-bond acceptors (Lipinski definition) is 1. The van der Waals surface area contributed by atoms with E-state index in [1.807, 2.05) is 27.7 Å². The molecule has 0 aromatic heterocycles. The van der Waals surface area contributed by atoms with E-state index in [0.717, 1.165) is 5.57 Å². The molecule has 0 amide bonds. The summed E-state index contributed by atoms with van der Waals surface area (Å²) in [6.07, 6.45) is 0. The molecule has 0 saturated heterocycles. The third-order valence-corrected chi connectivity index (χ3v) is 0.905. The predicted molar refractivity (Wildman–Crippen MR) is 44.8 cm³/mol. The van der Waals surface area contributed by atoms with Crippen LogP contribution in [0.15, 0.2) is 24.5 Å². The summed E-state index contributed by atoms with van der Waals surface area (Å²) in [5.74, 6) is 0.674. The Morgan fingerprint density at radius 3 is 1.70 bits per heavy atom. The zero-order valence-corrected chi connectivity index (χ0v) is 7.32. The summed E-state index contributed by atoms with van der Waals surface area (Å²) in [4.78, 5) is 0. The Bertz CT molecular complexity index is 149. The molecule has 0 spiro atoms. The van der Waals surface area contributed by atoms with Crippen molar-refractivity contribution in [3.05, 3.63) is 24.5 Å². The van der Waals surface area contributed by atoms with E-state index < -0.39 is 0 Å². The fourth-order valence-electron chi connectivity index (χ4n) is 0.457. The summed E-state index contributed by atoms with van der Waals surface area (Å²) in [6, 6.07) is 0. The van der Waals surface area contributed by atoms with Gasteiger partial charge in [-0.05, 0) is 33.3 Å². The van der Waals surface area contributed by atoms with Crippen molar-refractivity contribution in [2.75, 3.05) is 0 Å². The molecule has 0 N–H and O–H groups in total. The largest absolute Gasteiger partial charge is 0.489 e. The third-order valence-electron chi connectivity index (χ3n) is 0.905. The second kappa shape index (κ2) is 2.91. The molecule has 0 rings (SSSR count). The minimum Gasteiger partial charge on any atom is -0.489 e. The molecular weight excluding hydrogens is 124 g/mol. The molecule has 0 heterocycles.